The molecular formula is C29H134N4O3. The molecule has 36 heavy (non-hydrogen) atoms. The van der Waals surface area contributed by atoms with E-state index in [2.05, 4.69) is 76.7 Å². The largest absolute Gasteiger partial charge is 0.493 e. The molecule has 0 amide bonds. The lowest BCUT2D eigenvalue weighted by molar-refractivity contribution is 0.0775. The van der Waals surface area contributed by atoms with E-state index in [1.54, 1.807) is 13.3 Å². The topological polar surface area (TPSA) is 91.5 Å². The number of rotatable bonds is 7. The first-order valence-electron chi connectivity index (χ1n) is 12.8. The molecule has 0 bridgehead atoms. The third kappa shape index (κ3) is 3.61. The Hall–Kier alpha value is -2.96. The number of aromatic nitrogens is 2. The second-order valence-corrected chi connectivity index (χ2v) is 11.5. The zero-order valence-electron chi connectivity index (χ0n) is 23.7. The SMILES string of the molecule is CCOc1c(OC)cc(C(C)(C)c2cnc(N)nc2NC)c2c1OC(C)(C1C(C)C1(C)C)C(C)=C2C.[HH].[HH].[HH].[HH].[HH].[HH].[HH].[HH].[HH].[HH].[HH].[HH].[HH].[HH].[HH].[HH].[HH].[HH].[HH].[HH].[HH].[HH].[HH].[HH].[HH].[HH].[HH].[HH].[HH].[HH].[HH].[HH].[HH].[HH].[HH].[HH].[HH].[HH].[HH].[HH].[HH].[HH].[HH].[HH].[HH].[HH]. The highest BCUT2D eigenvalue weighted by Gasteiger charge is 2.65. The lowest BCUT2D eigenvalue weighted by Crippen LogP contribution is -2.42. The molecule has 0 saturated heterocycles. The van der Waals surface area contributed by atoms with Gasteiger partial charge in [0.15, 0.2) is 11.5 Å². The van der Waals surface area contributed by atoms with Crippen molar-refractivity contribution in [2.45, 2.75) is 73.3 Å². The van der Waals surface area contributed by atoms with E-state index in [1.165, 1.54) is 11.1 Å². The van der Waals surface area contributed by atoms with Crippen molar-refractivity contribution in [3.05, 3.63) is 34.5 Å². The molecule has 7 nitrogen and oxygen atoms in total. The number of hydrogen-bond acceptors (Lipinski definition) is 7. The van der Waals surface area contributed by atoms with Gasteiger partial charge in [0.05, 0.1) is 13.7 Å². The summed E-state index contributed by atoms with van der Waals surface area (Å²) in [4.78, 5) is 8.78. The fraction of sp³-hybridized carbons (Fsp3) is 0.586. The van der Waals surface area contributed by atoms with E-state index in [1.807, 2.05) is 14.0 Å². The van der Waals surface area contributed by atoms with Crippen LogP contribution in [0, 0.1) is 17.3 Å². The number of anilines is 2. The van der Waals surface area contributed by atoms with Crippen LogP contribution in [0.3, 0.4) is 0 Å². The normalized spacial score (nSPS) is 24.6. The minimum absolute atomic E-state index is 0. The first kappa shape index (κ1) is 26.1. The minimum atomic E-state index is -0.501. The van der Waals surface area contributed by atoms with Crippen LogP contribution in [0.2, 0.25) is 0 Å². The zero-order chi connectivity index (χ0) is 26.8. The van der Waals surface area contributed by atoms with Crippen LogP contribution in [0.1, 0.15) is 145 Å². The standard InChI is InChI=1S/C29H42N4O3.46H2/c1-12-35-22-20(34-11)13-18(28(7,8)19-14-32-26(30)33-25(19)31-10)21-15(2)16(3)29(9,36-23(21)22)24-17(4)27(24,5)6;;;;;;;;;;;;;;;;;;;;;;;;;;;;;;;;;;;;;;;;;;;;;;/h13-14,17,24H,12H2,1-11H3,(H3,30,31,32,33);46*1H. The number of benzene rings is 1. The fourth-order valence-electron chi connectivity index (χ4n) is 6.43. The maximum Gasteiger partial charge on any atom is 0.221 e. The molecule has 3 atom stereocenters. The Labute approximate surface area is 284 Å². The Morgan fingerprint density at radius 1 is 1.22 bits per heavy atom. The number of nitrogens with two attached hydrogens (primary N) is 1. The van der Waals surface area contributed by atoms with Crippen LogP contribution in [0.5, 0.6) is 17.2 Å². The number of hydrogen-bond donors (Lipinski definition) is 2. The zero-order valence-corrected chi connectivity index (χ0v) is 23.7. The van der Waals surface area contributed by atoms with Crippen molar-refractivity contribution >= 4 is 17.3 Å². The number of allylic oxidation sites excluding steroid dienone is 1. The van der Waals surface area contributed by atoms with Gasteiger partial charge in [0.2, 0.25) is 11.7 Å². The highest BCUT2D eigenvalue weighted by Crippen LogP contribution is 2.67. The van der Waals surface area contributed by atoms with E-state index in [0.717, 1.165) is 22.4 Å². The molecule has 4 rings (SSSR count). The smallest absolute Gasteiger partial charge is 0.221 e. The minimum Gasteiger partial charge on any atom is -0.493 e. The summed E-state index contributed by atoms with van der Waals surface area (Å²) < 4.78 is 19.2. The molecule has 3 N–H and O–H groups in total. The van der Waals surface area contributed by atoms with Crippen LogP contribution < -0.4 is 25.3 Å². The Morgan fingerprint density at radius 2 is 1.86 bits per heavy atom. The molecule has 7 heteroatoms. The van der Waals surface area contributed by atoms with Gasteiger partial charge < -0.3 is 25.3 Å². The van der Waals surface area contributed by atoms with Crippen LogP contribution in [0.4, 0.5) is 11.8 Å². The summed E-state index contributed by atoms with van der Waals surface area (Å²) in [5.41, 5.74) is 10.7. The van der Waals surface area contributed by atoms with Gasteiger partial charge in [0.25, 0.3) is 0 Å². The molecule has 0 spiro atoms. The molecule has 1 fully saturated rings. The predicted octanol–water partition coefficient (Wildman–Crippen LogP) is 17.4. The molecule has 0 radical (unpaired) electrons. The molecule has 288 valence electrons. The summed E-state index contributed by atoms with van der Waals surface area (Å²) in [6, 6.07) is 2.08. The summed E-state index contributed by atoms with van der Waals surface area (Å²) in [5.74, 6) is 3.93. The van der Waals surface area contributed by atoms with E-state index < -0.39 is 11.0 Å². The molecule has 1 aliphatic carbocycles. The van der Waals surface area contributed by atoms with Gasteiger partial charge >= 0.3 is 0 Å². The number of methoxy groups -OCH3 is 1. The molecule has 1 aromatic carbocycles. The number of nitrogens with zero attached hydrogens (tertiary/aromatic N) is 2. The summed E-state index contributed by atoms with van der Waals surface area (Å²) in [6.07, 6.45) is 1.80. The molecular weight excluding hydrogens is 452 g/mol. The van der Waals surface area contributed by atoms with Crippen molar-refractivity contribution in [1.29, 1.82) is 0 Å². The summed E-state index contributed by atoms with van der Waals surface area (Å²) in [6.45, 7) is 20.5. The van der Waals surface area contributed by atoms with E-state index in [9.17, 15) is 0 Å². The maximum absolute atomic E-state index is 7.08. The van der Waals surface area contributed by atoms with Crippen LogP contribution in [0.25, 0.3) is 5.57 Å². The van der Waals surface area contributed by atoms with E-state index >= 15 is 0 Å². The van der Waals surface area contributed by atoms with Crippen LogP contribution in [0.15, 0.2) is 17.8 Å². The van der Waals surface area contributed by atoms with Crippen molar-refractivity contribution < 1.29 is 79.8 Å². The maximum atomic E-state index is 7.08. The fourth-order valence-corrected chi connectivity index (χ4v) is 6.43. The third-order valence-corrected chi connectivity index (χ3v) is 9.06. The summed E-state index contributed by atoms with van der Waals surface area (Å²) in [5, 5.41) is 3.19. The lowest BCUT2D eigenvalue weighted by Gasteiger charge is -2.42. The predicted molar refractivity (Wildman–Crippen MR) is 243 cm³/mol. The lowest BCUT2D eigenvalue weighted by atomic mass is 9.72. The number of nitrogens with one attached hydrogen (secondary N) is 1. The second-order valence-electron chi connectivity index (χ2n) is 11.5. The van der Waals surface area contributed by atoms with Crippen LogP contribution >= 0.6 is 0 Å². The van der Waals surface area contributed by atoms with Crippen molar-refractivity contribution in [3.63, 3.8) is 0 Å². The highest BCUT2D eigenvalue weighted by atomic mass is 16.5. The number of nitrogen functional groups attached to an aromatic ring is 1. The average Bonchev–Trinajstić information content (AvgIpc) is 3.34. The van der Waals surface area contributed by atoms with Crippen LogP contribution in [-0.4, -0.2) is 36.3 Å². The van der Waals surface area contributed by atoms with Crippen molar-refractivity contribution in [1.82, 2.24) is 9.97 Å². The van der Waals surface area contributed by atoms with Gasteiger partial charge in [0.1, 0.15) is 11.4 Å². The Morgan fingerprint density at radius 3 is 2.39 bits per heavy atom. The van der Waals surface area contributed by atoms with Crippen molar-refractivity contribution in [3.8, 4) is 17.2 Å². The summed E-state index contributed by atoms with van der Waals surface area (Å²) in [7, 11) is 3.52. The van der Waals surface area contributed by atoms with Gasteiger partial charge in [-0.1, -0.05) is 34.6 Å². The van der Waals surface area contributed by atoms with Gasteiger partial charge in [-0.25, -0.2) is 4.98 Å². The molecule has 2 heterocycles. The third-order valence-electron chi connectivity index (χ3n) is 9.06. The Kier molecular flexibility index (Phi) is 6.21. The van der Waals surface area contributed by atoms with E-state index in [-0.39, 0.29) is 77.0 Å². The summed E-state index contributed by atoms with van der Waals surface area (Å²) >= 11 is 0. The van der Waals surface area contributed by atoms with E-state index in [0.29, 0.717) is 35.8 Å². The molecule has 2 aliphatic rings. The monoisotopic (exact) mass is 587 g/mol. The molecule has 1 aromatic heterocycles. The van der Waals surface area contributed by atoms with Crippen molar-refractivity contribution in [2.75, 3.05) is 31.8 Å². The van der Waals surface area contributed by atoms with Crippen molar-refractivity contribution in [2.24, 2.45) is 17.3 Å². The molecule has 1 saturated carbocycles. The second kappa shape index (κ2) is 8.56. The van der Waals surface area contributed by atoms with Gasteiger partial charge in [-0.2, -0.15) is 4.98 Å². The van der Waals surface area contributed by atoms with Crippen LogP contribution in [-0.2, 0) is 5.41 Å². The van der Waals surface area contributed by atoms with Gasteiger partial charge in [-0.15, -0.1) is 0 Å². The van der Waals surface area contributed by atoms with Gasteiger partial charge in [-0.3, -0.25) is 0 Å². The molecule has 1 aliphatic heterocycles. The molecule has 3 unspecified atom stereocenters. The Balaban J connectivity index is -0.00000000806. The van der Waals surface area contributed by atoms with Gasteiger partial charge in [-0.05, 0) is 61.8 Å². The highest BCUT2D eigenvalue weighted by molar-refractivity contribution is 5.83. The Bertz CT molecular complexity index is 1310. The number of ether oxygens (including phenoxy) is 3. The van der Waals surface area contributed by atoms with E-state index in [4.69, 9.17) is 19.9 Å². The average molecular weight is 587 g/mol. The molecule has 2 aromatic rings. The first-order valence-corrected chi connectivity index (χ1v) is 12.8. The number of fused-ring (bicyclic) bond motifs is 1. The first-order chi connectivity index (χ1) is 16.8. The van der Waals surface area contributed by atoms with Gasteiger partial charge in [0, 0.05) is 101 Å². The quantitative estimate of drug-likeness (QED) is 0.333.